The fourth-order valence-corrected chi connectivity index (χ4v) is 2.72. The minimum absolute atomic E-state index is 0.112. The Kier molecular flexibility index (Phi) is 5.78. The molecule has 3 rings (SSSR count). The van der Waals surface area contributed by atoms with Crippen molar-refractivity contribution < 1.29 is 14.3 Å². The van der Waals surface area contributed by atoms with Gasteiger partial charge in [-0.25, -0.2) is 4.79 Å². The first-order chi connectivity index (χ1) is 12.7. The minimum Gasteiger partial charge on any atom is -0.444 e. The van der Waals surface area contributed by atoms with E-state index in [0.29, 0.717) is 0 Å². The van der Waals surface area contributed by atoms with Crippen molar-refractivity contribution in [3.63, 3.8) is 0 Å². The topological polar surface area (TPSA) is 55.4 Å². The fraction of sp³-hybridized carbons (Fsp3) is 0.0909. The lowest BCUT2D eigenvalue weighted by Crippen LogP contribution is -2.35. The van der Waals surface area contributed by atoms with Crippen molar-refractivity contribution in [3.05, 3.63) is 108 Å². The smallest absolute Gasteiger partial charge is 0.414 e. The SMILES string of the molecule is O=C(NC(=O)C(c1ccccc1)c1ccccc1)OCc1ccccc1. The summed E-state index contributed by atoms with van der Waals surface area (Å²) in [5.74, 6) is -0.998. The quantitative estimate of drug-likeness (QED) is 0.751. The highest BCUT2D eigenvalue weighted by atomic mass is 16.5. The van der Waals surface area contributed by atoms with Gasteiger partial charge in [-0.2, -0.15) is 0 Å². The average molecular weight is 345 g/mol. The van der Waals surface area contributed by atoms with Gasteiger partial charge in [0.1, 0.15) is 6.61 Å². The number of carbonyl (C=O) groups excluding carboxylic acids is 2. The van der Waals surface area contributed by atoms with E-state index >= 15 is 0 Å². The Labute approximate surface area is 152 Å². The normalized spacial score (nSPS) is 10.3. The summed E-state index contributed by atoms with van der Waals surface area (Å²) in [6.45, 7) is 0.112. The van der Waals surface area contributed by atoms with Gasteiger partial charge >= 0.3 is 6.09 Å². The van der Waals surface area contributed by atoms with Gasteiger partial charge < -0.3 is 4.74 Å². The number of alkyl carbamates (subject to hydrolysis) is 1. The highest BCUT2D eigenvalue weighted by molar-refractivity contribution is 5.97. The lowest BCUT2D eigenvalue weighted by Gasteiger charge is -2.17. The first-order valence-electron chi connectivity index (χ1n) is 8.35. The Bertz CT molecular complexity index is 809. The van der Waals surface area contributed by atoms with E-state index in [4.69, 9.17) is 4.74 Å². The van der Waals surface area contributed by atoms with E-state index in [9.17, 15) is 9.59 Å². The Hall–Kier alpha value is -3.40. The van der Waals surface area contributed by atoms with E-state index in [0.717, 1.165) is 16.7 Å². The molecule has 0 bridgehead atoms. The van der Waals surface area contributed by atoms with Gasteiger partial charge in [0, 0.05) is 0 Å². The Balaban J connectivity index is 1.71. The molecule has 0 fully saturated rings. The van der Waals surface area contributed by atoms with Crippen molar-refractivity contribution >= 4 is 12.0 Å². The summed E-state index contributed by atoms with van der Waals surface area (Å²) < 4.78 is 5.15. The number of imide groups is 1. The summed E-state index contributed by atoms with van der Waals surface area (Å²) in [5.41, 5.74) is 2.48. The van der Waals surface area contributed by atoms with Crippen molar-refractivity contribution in [1.82, 2.24) is 5.32 Å². The number of benzene rings is 3. The van der Waals surface area contributed by atoms with Gasteiger partial charge in [-0.3, -0.25) is 10.1 Å². The van der Waals surface area contributed by atoms with Crippen molar-refractivity contribution in [1.29, 1.82) is 0 Å². The van der Waals surface area contributed by atoms with E-state index in [1.807, 2.05) is 91.0 Å². The van der Waals surface area contributed by atoms with Gasteiger partial charge in [-0.05, 0) is 16.7 Å². The highest BCUT2D eigenvalue weighted by Crippen LogP contribution is 2.24. The molecule has 2 amide bonds. The Morgan fingerprint density at radius 1 is 0.731 bits per heavy atom. The minimum atomic E-state index is -0.754. The lowest BCUT2D eigenvalue weighted by molar-refractivity contribution is -0.121. The first kappa shape index (κ1) is 17.4. The van der Waals surface area contributed by atoms with Crippen molar-refractivity contribution in [2.24, 2.45) is 0 Å². The summed E-state index contributed by atoms with van der Waals surface area (Å²) >= 11 is 0. The van der Waals surface area contributed by atoms with Gasteiger partial charge in [-0.15, -0.1) is 0 Å². The second kappa shape index (κ2) is 8.62. The number of nitrogens with one attached hydrogen (secondary N) is 1. The molecule has 0 aliphatic rings. The molecule has 0 saturated carbocycles. The second-order valence-corrected chi connectivity index (χ2v) is 5.81. The number of hydrogen-bond acceptors (Lipinski definition) is 3. The third-order valence-electron chi connectivity index (χ3n) is 3.97. The number of ether oxygens (including phenoxy) is 1. The summed E-state index contributed by atoms with van der Waals surface area (Å²) in [6.07, 6.45) is -0.754. The maximum absolute atomic E-state index is 12.8. The molecule has 0 aliphatic carbocycles. The highest BCUT2D eigenvalue weighted by Gasteiger charge is 2.24. The van der Waals surface area contributed by atoms with Gasteiger partial charge in [0.25, 0.3) is 0 Å². The molecular formula is C22H19NO3. The maximum Gasteiger partial charge on any atom is 0.414 e. The van der Waals surface area contributed by atoms with Gasteiger partial charge in [0.05, 0.1) is 5.92 Å². The van der Waals surface area contributed by atoms with Gasteiger partial charge in [0.2, 0.25) is 5.91 Å². The van der Waals surface area contributed by atoms with Crippen LogP contribution in [0.25, 0.3) is 0 Å². The van der Waals surface area contributed by atoms with Crippen LogP contribution in [0, 0.1) is 0 Å². The van der Waals surface area contributed by atoms with Crippen molar-refractivity contribution in [2.45, 2.75) is 12.5 Å². The van der Waals surface area contributed by atoms with E-state index in [2.05, 4.69) is 5.32 Å². The van der Waals surface area contributed by atoms with Crippen LogP contribution in [0.5, 0.6) is 0 Å². The van der Waals surface area contributed by atoms with Crippen LogP contribution >= 0.6 is 0 Å². The zero-order chi connectivity index (χ0) is 18.2. The Morgan fingerprint density at radius 3 is 1.69 bits per heavy atom. The van der Waals surface area contributed by atoms with E-state index in [1.54, 1.807) is 0 Å². The molecule has 0 heterocycles. The van der Waals surface area contributed by atoms with Crippen LogP contribution in [-0.4, -0.2) is 12.0 Å². The molecule has 1 N–H and O–H groups in total. The third kappa shape index (κ3) is 4.57. The first-order valence-corrected chi connectivity index (χ1v) is 8.35. The van der Waals surface area contributed by atoms with Crippen LogP contribution in [0.2, 0.25) is 0 Å². The molecule has 4 nitrogen and oxygen atoms in total. The maximum atomic E-state index is 12.8. The predicted octanol–water partition coefficient (Wildman–Crippen LogP) is 4.27. The molecule has 26 heavy (non-hydrogen) atoms. The monoisotopic (exact) mass is 345 g/mol. The number of carbonyl (C=O) groups is 2. The fourth-order valence-electron chi connectivity index (χ4n) is 2.72. The van der Waals surface area contributed by atoms with Crippen LogP contribution < -0.4 is 5.32 Å². The van der Waals surface area contributed by atoms with E-state index in [1.165, 1.54) is 0 Å². The standard InChI is InChI=1S/C22H19NO3/c24-21(23-22(25)26-16-17-10-4-1-5-11-17)20(18-12-6-2-7-13-18)19-14-8-3-9-15-19/h1-15,20H,16H2,(H,23,24,25). The number of rotatable bonds is 5. The molecule has 0 saturated heterocycles. The van der Waals surface area contributed by atoms with Crippen molar-refractivity contribution in [3.8, 4) is 0 Å². The molecule has 0 spiro atoms. The zero-order valence-corrected chi connectivity index (χ0v) is 14.2. The second-order valence-electron chi connectivity index (χ2n) is 5.81. The Morgan fingerprint density at radius 2 is 1.19 bits per heavy atom. The molecule has 0 aliphatic heterocycles. The van der Waals surface area contributed by atoms with E-state index < -0.39 is 17.9 Å². The molecule has 0 atom stereocenters. The predicted molar refractivity (Wildman–Crippen MR) is 99.5 cm³/mol. The van der Waals surface area contributed by atoms with Crippen LogP contribution in [0.4, 0.5) is 4.79 Å². The molecule has 3 aromatic carbocycles. The summed E-state index contributed by atoms with van der Waals surface area (Å²) in [6, 6.07) is 28.0. The lowest BCUT2D eigenvalue weighted by atomic mass is 9.90. The number of hydrogen-bond donors (Lipinski definition) is 1. The van der Waals surface area contributed by atoms with Crippen LogP contribution in [0.3, 0.4) is 0 Å². The van der Waals surface area contributed by atoms with E-state index in [-0.39, 0.29) is 6.61 Å². The van der Waals surface area contributed by atoms with Gasteiger partial charge in [0.15, 0.2) is 0 Å². The zero-order valence-electron chi connectivity index (χ0n) is 14.2. The molecule has 0 radical (unpaired) electrons. The molecule has 3 aromatic rings. The van der Waals surface area contributed by atoms with Crippen LogP contribution in [0.1, 0.15) is 22.6 Å². The van der Waals surface area contributed by atoms with Gasteiger partial charge in [-0.1, -0.05) is 91.0 Å². The average Bonchev–Trinajstić information content (AvgIpc) is 2.69. The largest absolute Gasteiger partial charge is 0.444 e. The number of amides is 2. The third-order valence-corrected chi connectivity index (χ3v) is 3.97. The molecule has 0 unspecified atom stereocenters. The molecule has 130 valence electrons. The molecular weight excluding hydrogens is 326 g/mol. The molecule has 4 heteroatoms. The summed E-state index contributed by atoms with van der Waals surface area (Å²) in [5, 5.41) is 2.35. The molecule has 0 aromatic heterocycles. The van der Waals surface area contributed by atoms with Crippen molar-refractivity contribution in [2.75, 3.05) is 0 Å². The van der Waals surface area contributed by atoms with Crippen LogP contribution in [-0.2, 0) is 16.1 Å². The van der Waals surface area contributed by atoms with Crippen LogP contribution in [0.15, 0.2) is 91.0 Å². The summed E-state index contributed by atoms with van der Waals surface area (Å²) in [4.78, 5) is 24.8. The summed E-state index contributed by atoms with van der Waals surface area (Å²) in [7, 11) is 0.